The van der Waals surface area contributed by atoms with Crippen LogP contribution in [0.5, 0.6) is 0 Å². The van der Waals surface area contributed by atoms with Gasteiger partial charge in [-0.15, -0.1) is 0 Å². The molecule has 1 atom stereocenters. The van der Waals surface area contributed by atoms with Crippen molar-refractivity contribution in [3.8, 4) is 0 Å². The zero-order valence-electron chi connectivity index (χ0n) is 11.9. The predicted octanol–water partition coefficient (Wildman–Crippen LogP) is 3.42. The summed E-state index contributed by atoms with van der Waals surface area (Å²) in [6, 6.07) is 9.62. The monoisotopic (exact) mass is 304 g/mol. The standard InChI is InChI=1S/C15H17ClN4O/c1-9(2)20-15(11(16)8-18-20)14(19-17)13-7-10-5-3-4-6-12(10)21-13/h3-9,14,19H,17H2,1-2H3. The van der Waals surface area contributed by atoms with E-state index in [1.807, 2.05) is 48.9 Å². The van der Waals surface area contributed by atoms with Gasteiger partial charge in [0.25, 0.3) is 0 Å². The Balaban J connectivity index is 2.12. The summed E-state index contributed by atoms with van der Waals surface area (Å²) in [5.74, 6) is 6.46. The Morgan fingerprint density at radius 1 is 1.33 bits per heavy atom. The second-order valence-corrected chi connectivity index (χ2v) is 5.61. The van der Waals surface area contributed by atoms with Gasteiger partial charge in [-0.2, -0.15) is 5.10 Å². The second-order valence-electron chi connectivity index (χ2n) is 5.20. The molecule has 6 heteroatoms. The number of nitrogens with one attached hydrogen (secondary N) is 1. The number of hydrogen-bond donors (Lipinski definition) is 2. The molecule has 0 radical (unpaired) electrons. The molecular formula is C15H17ClN4O. The molecular weight excluding hydrogens is 288 g/mol. The van der Waals surface area contributed by atoms with Gasteiger partial charge < -0.3 is 4.42 Å². The first-order chi connectivity index (χ1) is 10.1. The van der Waals surface area contributed by atoms with Gasteiger partial charge in [0.05, 0.1) is 16.9 Å². The molecule has 3 aromatic rings. The van der Waals surface area contributed by atoms with E-state index in [1.165, 1.54) is 0 Å². The van der Waals surface area contributed by atoms with E-state index in [0.717, 1.165) is 16.7 Å². The highest BCUT2D eigenvalue weighted by molar-refractivity contribution is 6.31. The van der Waals surface area contributed by atoms with Gasteiger partial charge in [0.2, 0.25) is 0 Å². The van der Waals surface area contributed by atoms with E-state index in [9.17, 15) is 0 Å². The molecule has 0 fully saturated rings. The summed E-state index contributed by atoms with van der Waals surface area (Å²) in [5.41, 5.74) is 4.40. The summed E-state index contributed by atoms with van der Waals surface area (Å²) < 4.78 is 7.74. The molecule has 0 spiro atoms. The Morgan fingerprint density at radius 2 is 2.10 bits per heavy atom. The van der Waals surface area contributed by atoms with E-state index in [-0.39, 0.29) is 12.1 Å². The lowest BCUT2D eigenvalue weighted by Crippen LogP contribution is -2.31. The molecule has 1 aromatic carbocycles. The molecule has 2 aromatic heterocycles. The molecule has 0 aliphatic carbocycles. The van der Waals surface area contributed by atoms with E-state index in [2.05, 4.69) is 10.5 Å². The van der Waals surface area contributed by atoms with Gasteiger partial charge >= 0.3 is 0 Å². The van der Waals surface area contributed by atoms with Crippen LogP contribution in [0.25, 0.3) is 11.0 Å². The Hall–Kier alpha value is -1.82. The van der Waals surface area contributed by atoms with E-state index in [0.29, 0.717) is 10.8 Å². The molecule has 3 rings (SSSR count). The maximum Gasteiger partial charge on any atom is 0.134 e. The Bertz CT molecular complexity index is 729. The van der Waals surface area contributed by atoms with E-state index in [4.69, 9.17) is 21.9 Å². The fraction of sp³-hybridized carbons (Fsp3) is 0.267. The first-order valence-corrected chi connectivity index (χ1v) is 7.17. The predicted molar refractivity (Wildman–Crippen MR) is 83.0 cm³/mol. The number of hydrogen-bond acceptors (Lipinski definition) is 4. The lowest BCUT2D eigenvalue weighted by molar-refractivity contribution is 0.429. The highest BCUT2D eigenvalue weighted by atomic mass is 35.5. The van der Waals surface area contributed by atoms with Crippen LogP contribution in [0, 0.1) is 0 Å². The lowest BCUT2D eigenvalue weighted by Gasteiger charge is -2.18. The third-order valence-corrected chi connectivity index (χ3v) is 3.74. The molecule has 3 N–H and O–H groups in total. The summed E-state index contributed by atoms with van der Waals surface area (Å²) in [4.78, 5) is 0. The van der Waals surface area contributed by atoms with Crippen LogP contribution < -0.4 is 11.3 Å². The first-order valence-electron chi connectivity index (χ1n) is 6.79. The molecule has 0 aliphatic rings. The molecule has 0 bridgehead atoms. The van der Waals surface area contributed by atoms with Crippen LogP contribution in [0.4, 0.5) is 0 Å². The molecule has 5 nitrogen and oxygen atoms in total. The van der Waals surface area contributed by atoms with Gasteiger partial charge in [-0.05, 0) is 26.0 Å². The largest absolute Gasteiger partial charge is 0.459 e. The third kappa shape index (κ3) is 2.44. The van der Waals surface area contributed by atoms with Crippen LogP contribution >= 0.6 is 11.6 Å². The number of rotatable bonds is 4. The number of nitrogens with zero attached hydrogens (tertiary/aromatic N) is 2. The normalized spacial score (nSPS) is 13.2. The van der Waals surface area contributed by atoms with Crippen LogP contribution in [0.15, 0.2) is 40.9 Å². The van der Waals surface area contributed by atoms with E-state index in [1.54, 1.807) is 6.20 Å². The second kappa shape index (κ2) is 5.52. The number of para-hydroxylation sites is 1. The number of halogens is 1. The van der Waals surface area contributed by atoms with Crippen molar-refractivity contribution < 1.29 is 4.42 Å². The number of benzene rings is 1. The Morgan fingerprint density at radius 3 is 2.76 bits per heavy atom. The number of hydrazine groups is 1. The molecule has 0 aliphatic heterocycles. The average molecular weight is 305 g/mol. The summed E-state index contributed by atoms with van der Waals surface area (Å²) in [7, 11) is 0. The van der Waals surface area contributed by atoms with Crippen LogP contribution in [-0.2, 0) is 0 Å². The van der Waals surface area contributed by atoms with Crippen LogP contribution in [-0.4, -0.2) is 9.78 Å². The van der Waals surface area contributed by atoms with E-state index < -0.39 is 0 Å². The SMILES string of the molecule is CC(C)n1ncc(Cl)c1C(NN)c1cc2ccccc2o1. The number of aromatic nitrogens is 2. The quantitative estimate of drug-likeness (QED) is 0.572. The zero-order valence-corrected chi connectivity index (χ0v) is 12.6. The van der Waals surface area contributed by atoms with Crippen molar-refractivity contribution in [2.24, 2.45) is 5.84 Å². The minimum Gasteiger partial charge on any atom is -0.459 e. The van der Waals surface area contributed by atoms with Gasteiger partial charge in [-0.1, -0.05) is 29.8 Å². The maximum atomic E-state index is 6.29. The smallest absolute Gasteiger partial charge is 0.134 e. The molecule has 21 heavy (non-hydrogen) atoms. The highest BCUT2D eigenvalue weighted by Crippen LogP contribution is 2.32. The minimum atomic E-state index is -0.352. The summed E-state index contributed by atoms with van der Waals surface area (Å²) in [6.07, 6.45) is 1.63. The van der Waals surface area contributed by atoms with Crippen molar-refractivity contribution in [2.75, 3.05) is 0 Å². The van der Waals surface area contributed by atoms with Gasteiger partial charge in [-0.3, -0.25) is 10.5 Å². The first kappa shape index (κ1) is 14.1. The summed E-state index contributed by atoms with van der Waals surface area (Å²) >= 11 is 6.29. The average Bonchev–Trinajstić information content (AvgIpc) is 3.04. The molecule has 0 saturated carbocycles. The van der Waals surface area contributed by atoms with E-state index >= 15 is 0 Å². The number of fused-ring (bicyclic) bond motifs is 1. The van der Waals surface area contributed by atoms with Gasteiger partial charge in [0, 0.05) is 11.4 Å². The third-order valence-electron chi connectivity index (χ3n) is 3.45. The Kier molecular flexibility index (Phi) is 3.71. The molecule has 0 saturated heterocycles. The number of nitrogens with two attached hydrogens (primary N) is 1. The minimum absolute atomic E-state index is 0.174. The summed E-state index contributed by atoms with van der Waals surface area (Å²) in [5, 5.41) is 5.90. The van der Waals surface area contributed by atoms with Crippen molar-refractivity contribution in [2.45, 2.75) is 25.9 Å². The Labute approximate surface area is 127 Å². The molecule has 2 heterocycles. The van der Waals surface area contributed by atoms with Crippen molar-refractivity contribution in [3.05, 3.63) is 53.0 Å². The highest BCUT2D eigenvalue weighted by Gasteiger charge is 2.25. The van der Waals surface area contributed by atoms with Gasteiger partial charge in [0.1, 0.15) is 17.4 Å². The van der Waals surface area contributed by atoms with Crippen molar-refractivity contribution in [1.82, 2.24) is 15.2 Å². The molecule has 110 valence electrons. The van der Waals surface area contributed by atoms with Crippen molar-refractivity contribution >= 4 is 22.6 Å². The van der Waals surface area contributed by atoms with Crippen LogP contribution in [0.2, 0.25) is 5.02 Å². The van der Waals surface area contributed by atoms with Gasteiger partial charge in [0.15, 0.2) is 0 Å². The van der Waals surface area contributed by atoms with Crippen molar-refractivity contribution in [3.63, 3.8) is 0 Å². The fourth-order valence-corrected chi connectivity index (χ4v) is 2.71. The van der Waals surface area contributed by atoms with Crippen LogP contribution in [0.1, 0.15) is 37.4 Å². The number of furan rings is 1. The maximum absolute atomic E-state index is 6.29. The van der Waals surface area contributed by atoms with Crippen molar-refractivity contribution in [1.29, 1.82) is 0 Å². The zero-order chi connectivity index (χ0) is 15.0. The lowest BCUT2D eigenvalue weighted by atomic mass is 10.1. The molecule has 0 amide bonds. The topological polar surface area (TPSA) is 69.0 Å². The fourth-order valence-electron chi connectivity index (χ4n) is 2.47. The van der Waals surface area contributed by atoms with Gasteiger partial charge in [-0.25, -0.2) is 5.43 Å². The summed E-state index contributed by atoms with van der Waals surface area (Å²) in [6.45, 7) is 4.08. The van der Waals surface area contributed by atoms with Crippen LogP contribution in [0.3, 0.4) is 0 Å². The molecule has 1 unspecified atom stereocenters.